The molecule has 1 aromatic carbocycles. The van der Waals surface area contributed by atoms with E-state index in [0.717, 1.165) is 21.4 Å². The Hall–Kier alpha value is -1.05. The second-order valence-corrected chi connectivity index (χ2v) is 5.87. The molecule has 2 aromatic rings. The van der Waals surface area contributed by atoms with Crippen molar-refractivity contribution in [2.24, 2.45) is 0 Å². The predicted octanol–water partition coefficient (Wildman–Crippen LogP) is 2.39. The van der Waals surface area contributed by atoms with Gasteiger partial charge in [0.15, 0.2) is 5.16 Å². The topological polar surface area (TPSA) is 70.9 Å². The van der Waals surface area contributed by atoms with Crippen LogP contribution in [0.3, 0.4) is 0 Å². The zero-order chi connectivity index (χ0) is 13.8. The highest BCUT2D eigenvalue weighted by atomic mass is 79.9. The summed E-state index contributed by atoms with van der Waals surface area (Å²) >= 11 is 4.82. The monoisotopic (exact) mass is 343 g/mol. The maximum absolute atomic E-state index is 11.6. The van der Waals surface area contributed by atoms with Crippen molar-refractivity contribution < 1.29 is 5.11 Å². The Morgan fingerprint density at radius 1 is 1.53 bits per heavy atom. The summed E-state index contributed by atoms with van der Waals surface area (Å²) in [6.07, 6.45) is 0.875. The van der Waals surface area contributed by atoms with Crippen LogP contribution < -0.4 is 5.69 Å². The molecule has 102 valence electrons. The van der Waals surface area contributed by atoms with Crippen LogP contribution in [-0.4, -0.2) is 19.9 Å². The Morgan fingerprint density at radius 3 is 2.95 bits per heavy atom. The number of aromatic nitrogens is 3. The lowest BCUT2D eigenvalue weighted by molar-refractivity contribution is 0.281. The van der Waals surface area contributed by atoms with E-state index in [1.165, 1.54) is 11.8 Å². The number of hydrogen-bond acceptors (Lipinski definition) is 4. The third-order valence-corrected chi connectivity index (χ3v) is 4.30. The normalized spacial score (nSPS) is 10.9. The van der Waals surface area contributed by atoms with E-state index in [2.05, 4.69) is 26.1 Å². The average Bonchev–Trinajstić information content (AvgIpc) is 2.72. The number of rotatable bonds is 5. The predicted molar refractivity (Wildman–Crippen MR) is 77.3 cm³/mol. The molecule has 0 amide bonds. The van der Waals surface area contributed by atoms with Crippen molar-refractivity contribution >= 4 is 27.7 Å². The molecule has 0 saturated carbocycles. The highest BCUT2D eigenvalue weighted by Gasteiger charge is 2.10. The van der Waals surface area contributed by atoms with Gasteiger partial charge in [0.25, 0.3) is 0 Å². The Morgan fingerprint density at radius 2 is 2.32 bits per heavy atom. The third-order valence-electron chi connectivity index (χ3n) is 2.57. The van der Waals surface area contributed by atoms with Crippen molar-refractivity contribution in [3.8, 4) is 0 Å². The number of nitrogens with zero attached hydrogens (tertiary/aromatic N) is 2. The zero-order valence-electron chi connectivity index (χ0n) is 10.4. The largest absolute Gasteiger partial charge is 0.392 e. The maximum atomic E-state index is 11.6. The zero-order valence-corrected chi connectivity index (χ0v) is 12.8. The number of nitrogens with one attached hydrogen (secondary N) is 1. The number of benzene rings is 1. The molecule has 2 rings (SSSR count). The van der Waals surface area contributed by atoms with E-state index in [1.54, 1.807) is 4.57 Å². The second kappa shape index (κ2) is 6.40. The van der Waals surface area contributed by atoms with Gasteiger partial charge in [-0.15, -0.1) is 5.10 Å². The standard InChI is InChI=1S/C12H14BrN3O2S/c1-2-5-16-11(18)14-15-12(16)19-9-4-3-8(7-17)10(13)6-9/h3-4,6,17H,2,5,7H2,1H3,(H,14,18). The van der Waals surface area contributed by atoms with E-state index in [9.17, 15) is 4.79 Å². The first-order chi connectivity index (χ1) is 9.15. The van der Waals surface area contributed by atoms with E-state index in [1.807, 2.05) is 25.1 Å². The van der Waals surface area contributed by atoms with Crippen molar-refractivity contribution in [1.82, 2.24) is 14.8 Å². The molecule has 5 nitrogen and oxygen atoms in total. The SMILES string of the molecule is CCCn1c(Sc2ccc(CO)c(Br)c2)n[nH]c1=O. The van der Waals surface area contributed by atoms with Crippen molar-refractivity contribution in [1.29, 1.82) is 0 Å². The molecule has 0 aliphatic carbocycles. The molecule has 1 aromatic heterocycles. The van der Waals surface area contributed by atoms with Crippen LogP contribution in [0, 0.1) is 0 Å². The molecule has 0 radical (unpaired) electrons. The van der Waals surface area contributed by atoms with Crippen LogP contribution in [-0.2, 0) is 13.2 Å². The summed E-state index contributed by atoms with van der Waals surface area (Å²) in [5.74, 6) is 0. The van der Waals surface area contributed by atoms with Crippen molar-refractivity contribution in [2.75, 3.05) is 0 Å². The quantitative estimate of drug-likeness (QED) is 0.874. The Kier molecular flexibility index (Phi) is 4.84. The average molecular weight is 344 g/mol. The Balaban J connectivity index is 2.26. The van der Waals surface area contributed by atoms with Gasteiger partial charge in [-0.25, -0.2) is 9.89 Å². The number of aliphatic hydroxyl groups is 1. The molecule has 2 N–H and O–H groups in total. The van der Waals surface area contributed by atoms with Crippen molar-refractivity contribution in [2.45, 2.75) is 36.5 Å². The minimum absolute atomic E-state index is 0.00548. The van der Waals surface area contributed by atoms with Gasteiger partial charge in [-0.3, -0.25) is 4.57 Å². The molecule has 0 spiro atoms. The first-order valence-corrected chi connectivity index (χ1v) is 7.49. The lowest BCUT2D eigenvalue weighted by Gasteiger charge is -2.06. The second-order valence-electron chi connectivity index (χ2n) is 3.98. The minimum Gasteiger partial charge on any atom is -0.392 e. The van der Waals surface area contributed by atoms with E-state index in [4.69, 9.17) is 5.11 Å². The number of hydrogen-bond donors (Lipinski definition) is 2. The summed E-state index contributed by atoms with van der Waals surface area (Å²) in [7, 11) is 0. The summed E-state index contributed by atoms with van der Waals surface area (Å²) in [6, 6.07) is 5.66. The lowest BCUT2D eigenvalue weighted by atomic mass is 10.2. The first-order valence-electron chi connectivity index (χ1n) is 5.88. The smallest absolute Gasteiger partial charge is 0.343 e. The van der Waals surface area contributed by atoms with Crippen LogP contribution in [0.15, 0.2) is 37.5 Å². The number of aliphatic hydroxyl groups excluding tert-OH is 1. The van der Waals surface area contributed by atoms with Crippen LogP contribution in [0.4, 0.5) is 0 Å². The molecule has 7 heteroatoms. The van der Waals surface area contributed by atoms with Crippen LogP contribution in [0.2, 0.25) is 0 Å². The van der Waals surface area contributed by atoms with E-state index >= 15 is 0 Å². The van der Waals surface area contributed by atoms with E-state index in [0.29, 0.717) is 11.7 Å². The fraction of sp³-hybridized carbons (Fsp3) is 0.333. The van der Waals surface area contributed by atoms with Gasteiger partial charge in [-0.2, -0.15) is 0 Å². The van der Waals surface area contributed by atoms with Gasteiger partial charge < -0.3 is 5.11 Å². The fourth-order valence-electron chi connectivity index (χ4n) is 1.63. The van der Waals surface area contributed by atoms with Gasteiger partial charge in [-0.1, -0.05) is 28.9 Å². The molecule has 0 saturated heterocycles. The Bertz CT molecular complexity index is 624. The van der Waals surface area contributed by atoms with Crippen LogP contribution in [0.5, 0.6) is 0 Å². The van der Waals surface area contributed by atoms with Crippen molar-refractivity contribution in [3.63, 3.8) is 0 Å². The molecule has 1 heterocycles. The fourth-order valence-corrected chi connectivity index (χ4v) is 3.18. The molecule has 0 aliphatic rings. The lowest BCUT2D eigenvalue weighted by Crippen LogP contribution is -2.17. The molecule has 0 aliphatic heterocycles. The van der Waals surface area contributed by atoms with Gasteiger partial charge in [0.1, 0.15) is 0 Å². The summed E-state index contributed by atoms with van der Waals surface area (Å²) in [6.45, 7) is 2.66. The number of aromatic amines is 1. The first kappa shape index (κ1) is 14.4. The van der Waals surface area contributed by atoms with Gasteiger partial charge in [0, 0.05) is 15.9 Å². The maximum Gasteiger partial charge on any atom is 0.343 e. The van der Waals surface area contributed by atoms with Crippen molar-refractivity contribution in [3.05, 3.63) is 38.7 Å². The van der Waals surface area contributed by atoms with E-state index < -0.39 is 0 Å². The summed E-state index contributed by atoms with van der Waals surface area (Å²) < 4.78 is 2.47. The summed E-state index contributed by atoms with van der Waals surface area (Å²) in [4.78, 5) is 12.5. The minimum atomic E-state index is -0.185. The van der Waals surface area contributed by atoms with E-state index in [-0.39, 0.29) is 12.3 Å². The highest BCUT2D eigenvalue weighted by molar-refractivity contribution is 9.10. The number of H-pyrrole nitrogens is 1. The van der Waals surface area contributed by atoms with Gasteiger partial charge >= 0.3 is 5.69 Å². The summed E-state index contributed by atoms with van der Waals surface area (Å²) in [5, 5.41) is 16.3. The molecule has 0 unspecified atom stereocenters. The molecular weight excluding hydrogens is 330 g/mol. The van der Waals surface area contributed by atoms with Crippen LogP contribution >= 0.6 is 27.7 Å². The van der Waals surface area contributed by atoms with Crippen LogP contribution in [0.25, 0.3) is 0 Å². The van der Waals surface area contributed by atoms with Crippen LogP contribution in [0.1, 0.15) is 18.9 Å². The Labute approximate surface area is 123 Å². The number of halogens is 1. The third kappa shape index (κ3) is 3.29. The molecule has 0 fully saturated rings. The highest BCUT2D eigenvalue weighted by Crippen LogP contribution is 2.29. The van der Waals surface area contributed by atoms with Gasteiger partial charge in [0.05, 0.1) is 6.61 Å². The molecule has 19 heavy (non-hydrogen) atoms. The molecule has 0 atom stereocenters. The molecule has 0 bridgehead atoms. The molecular formula is C12H14BrN3O2S. The van der Waals surface area contributed by atoms with Gasteiger partial charge in [-0.05, 0) is 35.9 Å². The van der Waals surface area contributed by atoms with Gasteiger partial charge in [0.2, 0.25) is 0 Å². The summed E-state index contributed by atoms with van der Waals surface area (Å²) in [5.41, 5.74) is 0.646.